The zero-order valence-electron chi connectivity index (χ0n) is 14.4. The van der Waals surface area contributed by atoms with E-state index in [2.05, 4.69) is 26.1 Å². The molecule has 2 aliphatic rings. The highest BCUT2D eigenvalue weighted by Crippen LogP contribution is 2.27. The molecule has 0 saturated carbocycles. The predicted molar refractivity (Wildman–Crippen MR) is 93.4 cm³/mol. The maximum Gasteiger partial charge on any atom is 0.241 e. The Labute approximate surface area is 147 Å². The summed E-state index contributed by atoms with van der Waals surface area (Å²) in [4.78, 5) is 21.3. The summed E-state index contributed by atoms with van der Waals surface area (Å²) >= 11 is 0. The lowest BCUT2D eigenvalue weighted by Crippen LogP contribution is -2.47. The van der Waals surface area contributed by atoms with Crippen LogP contribution in [0, 0.1) is 6.92 Å². The summed E-state index contributed by atoms with van der Waals surface area (Å²) in [5.41, 5.74) is 2.33. The first-order chi connectivity index (χ1) is 12.2. The Morgan fingerprint density at radius 2 is 2.24 bits per heavy atom. The molecule has 0 radical (unpaired) electrons. The van der Waals surface area contributed by atoms with Gasteiger partial charge >= 0.3 is 0 Å². The van der Waals surface area contributed by atoms with E-state index in [1.165, 1.54) is 5.56 Å². The average molecular weight is 341 g/mol. The van der Waals surface area contributed by atoms with Gasteiger partial charge in [-0.05, 0) is 31.4 Å². The van der Waals surface area contributed by atoms with Crippen LogP contribution < -0.4 is 4.90 Å². The van der Waals surface area contributed by atoms with Crippen molar-refractivity contribution in [2.45, 2.75) is 25.9 Å². The first-order valence-corrected chi connectivity index (χ1v) is 8.82. The number of aryl methyl sites for hydroxylation is 2. The van der Waals surface area contributed by atoms with E-state index in [1.54, 1.807) is 0 Å². The fourth-order valence-corrected chi connectivity index (χ4v) is 3.58. The minimum Gasteiger partial charge on any atom is -0.367 e. The number of carbonyl (C=O) groups is 1. The number of ether oxygens (including phenoxy) is 1. The van der Waals surface area contributed by atoms with E-state index in [9.17, 15) is 4.79 Å². The van der Waals surface area contributed by atoms with Crippen molar-refractivity contribution >= 4 is 11.6 Å². The summed E-state index contributed by atoms with van der Waals surface area (Å²) in [6, 6.07) is 8.20. The molecule has 1 atom stereocenters. The van der Waals surface area contributed by atoms with Crippen LogP contribution in [-0.2, 0) is 16.0 Å². The van der Waals surface area contributed by atoms with Crippen molar-refractivity contribution in [1.29, 1.82) is 0 Å². The second-order valence-corrected chi connectivity index (χ2v) is 6.65. The van der Waals surface area contributed by atoms with Crippen molar-refractivity contribution in [2.24, 2.45) is 0 Å². The Balaban J connectivity index is 1.43. The summed E-state index contributed by atoms with van der Waals surface area (Å²) in [7, 11) is 0. The van der Waals surface area contributed by atoms with Crippen molar-refractivity contribution in [2.75, 3.05) is 37.7 Å². The van der Waals surface area contributed by atoms with E-state index in [0.29, 0.717) is 25.5 Å². The summed E-state index contributed by atoms with van der Waals surface area (Å²) in [5.74, 6) is 1.59. The molecule has 1 aromatic carbocycles. The number of H-pyrrole nitrogens is 1. The lowest BCUT2D eigenvalue weighted by molar-refractivity contribution is -0.122. The van der Waals surface area contributed by atoms with Gasteiger partial charge in [-0.25, -0.2) is 4.98 Å². The lowest BCUT2D eigenvalue weighted by atomic mass is 10.0. The standard InChI is InChI=1S/C18H23N5O2/c1-13-19-18(21-20-13)16-11-22(9-10-25-16)12-17(24)23-8-4-6-14-5-2-3-7-15(14)23/h2-3,5,7,16H,4,6,8-12H2,1H3,(H,19,20,21)/t16-/m1/s1. The van der Waals surface area contributed by atoms with E-state index < -0.39 is 0 Å². The summed E-state index contributed by atoms with van der Waals surface area (Å²) in [6.07, 6.45) is 1.88. The Kier molecular flexibility index (Phi) is 4.50. The van der Waals surface area contributed by atoms with Gasteiger partial charge in [0.1, 0.15) is 11.9 Å². The Bertz CT molecular complexity index is 759. The van der Waals surface area contributed by atoms with Gasteiger partial charge in [0, 0.05) is 25.3 Å². The Morgan fingerprint density at radius 3 is 3.08 bits per heavy atom. The van der Waals surface area contributed by atoms with Crippen molar-refractivity contribution in [3.63, 3.8) is 0 Å². The Hall–Kier alpha value is -2.25. The molecule has 1 N–H and O–H groups in total. The molecule has 4 rings (SSSR count). The van der Waals surface area contributed by atoms with Crippen LogP contribution in [0.25, 0.3) is 0 Å². The van der Waals surface area contributed by atoms with Crippen LogP contribution in [0.15, 0.2) is 24.3 Å². The average Bonchev–Trinajstić information content (AvgIpc) is 3.08. The van der Waals surface area contributed by atoms with Gasteiger partial charge < -0.3 is 9.64 Å². The third-order valence-electron chi connectivity index (χ3n) is 4.82. The monoisotopic (exact) mass is 341 g/mol. The van der Waals surface area contributed by atoms with Crippen molar-refractivity contribution in [3.8, 4) is 0 Å². The van der Waals surface area contributed by atoms with Crippen molar-refractivity contribution < 1.29 is 9.53 Å². The third kappa shape index (κ3) is 3.43. The minimum absolute atomic E-state index is 0.152. The van der Waals surface area contributed by atoms with Gasteiger partial charge in [-0.1, -0.05) is 18.2 Å². The minimum atomic E-state index is -0.180. The number of fused-ring (bicyclic) bond motifs is 1. The van der Waals surface area contributed by atoms with Gasteiger partial charge in [0.05, 0.1) is 13.2 Å². The van der Waals surface area contributed by atoms with Crippen LogP contribution in [0.4, 0.5) is 5.69 Å². The zero-order chi connectivity index (χ0) is 17.2. The number of benzene rings is 1. The molecule has 1 fully saturated rings. The van der Waals surface area contributed by atoms with Gasteiger partial charge in [-0.2, -0.15) is 5.10 Å². The number of hydrogen-bond acceptors (Lipinski definition) is 5. The van der Waals surface area contributed by atoms with Crippen LogP contribution in [-0.4, -0.2) is 58.8 Å². The molecule has 7 nitrogen and oxygen atoms in total. The number of aromatic nitrogens is 3. The number of rotatable bonds is 3. The predicted octanol–water partition coefficient (Wildman–Crippen LogP) is 1.47. The van der Waals surface area contributed by atoms with Gasteiger partial charge in [0.25, 0.3) is 0 Å². The van der Waals surface area contributed by atoms with Crippen LogP contribution in [0.5, 0.6) is 0 Å². The van der Waals surface area contributed by atoms with Crippen LogP contribution in [0.2, 0.25) is 0 Å². The molecule has 1 aromatic heterocycles. The fraction of sp³-hybridized carbons (Fsp3) is 0.500. The highest BCUT2D eigenvalue weighted by molar-refractivity contribution is 5.95. The zero-order valence-corrected chi connectivity index (χ0v) is 14.4. The van der Waals surface area contributed by atoms with Crippen molar-refractivity contribution in [3.05, 3.63) is 41.5 Å². The molecule has 1 saturated heterocycles. The molecule has 7 heteroatoms. The highest BCUT2D eigenvalue weighted by Gasteiger charge is 2.29. The number of carbonyl (C=O) groups excluding carboxylic acids is 1. The molecule has 2 aliphatic heterocycles. The van der Waals surface area contributed by atoms with Gasteiger partial charge in [0.2, 0.25) is 5.91 Å². The fourth-order valence-electron chi connectivity index (χ4n) is 3.58. The van der Waals surface area contributed by atoms with E-state index in [4.69, 9.17) is 4.74 Å². The number of aromatic amines is 1. The molecule has 2 aromatic rings. The van der Waals surface area contributed by atoms with Crippen LogP contribution >= 0.6 is 0 Å². The molecular formula is C18H23N5O2. The summed E-state index contributed by atoms with van der Waals surface area (Å²) < 4.78 is 5.78. The molecule has 0 bridgehead atoms. The number of para-hydroxylation sites is 1. The second-order valence-electron chi connectivity index (χ2n) is 6.65. The first kappa shape index (κ1) is 16.2. The molecule has 0 unspecified atom stereocenters. The SMILES string of the molecule is Cc1nc([C@H]2CN(CC(=O)N3CCCc4ccccc43)CCO2)n[nH]1. The lowest BCUT2D eigenvalue weighted by Gasteiger charge is -2.34. The molecule has 0 aliphatic carbocycles. The van der Waals surface area contributed by atoms with Crippen LogP contribution in [0.3, 0.4) is 0 Å². The van der Waals surface area contributed by atoms with Gasteiger partial charge in [-0.15, -0.1) is 0 Å². The Morgan fingerprint density at radius 1 is 1.36 bits per heavy atom. The molecule has 132 valence electrons. The number of amides is 1. The summed E-state index contributed by atoms with van der Waals surface area (Å²) in [5, 5.41) is 7.04. The quantitative estimate of drug-likeness (QED) is 0.915. The van der Waals surface area contributed by atoms with Gasteiger partial charge in [-0.3, -0.25) is 14.8 Å². The maximum atomic E-state index is 12.9. The number of nitrogens with zero attached hydrogens (tertiary/aromatic N) is 4. The number of hydrogen-bond donors (Lipinski definition) is 1. The maximum absolute atomic E-state index is 12.9. The van der Waals surface area contributed by atoms with E-state index in [0.717, 1.165) is 37.4 Å². The van der Waals surface area contributed by atoms with E-state index >= 15 is 0 Å². The molecule has 0 spiro atoms. The van der Waals surface area contributed by atoms with Gasteiger partial charge in [0.15, 0.2) is 5.82 Å². The van der Waals surface area contributed by atoms with Crippen molar-refractivity contribution in [1.82, 2.24) is 20.1 Å². The molecule has 25 heavy (non-hydrogen) atoms. The molecule has 1 amide bonds. The van der Waals surface area contributed by atoms with E-state index in [-0.39, 0.29) is 12.0 Å². The molecular weight excluding hydrogens is 318 g/mol. The largest absolute Gasteiger partial charge is 0.367 e. The third-order valence-corrected chi connectivity index (χ3v) is 4.82. The normalized spacial score (nSPS) is 21.2. The number of anilines is 1. The number of nitrogens with one attached hydrogen (secondary N) is 1. The first-order valence-electron chi connectivity index (χ1n) is 8.82. The number of morpholine rings is 1. The topological polar surface area (TPSA) is 74.3 Å². The smallest absolute Gasteiger partial charge is 0.241 e. The van der Waals surface area contributed by atoms with Crippen LogP contribution in [0.1, 0.15) is 29.7 Å². The summed E-state index contributed by atoms with van der Waals surface area (Å²) in [6.45, 7) is 5.04. The molecule has 3 heterocycles. The van der Waals surface area contributed by atoms with E-state index in [1.807, 2.05) is 30.0 Å². The second kappa shape index (κ2) is 6.93. The highest BCUT2D eigenvalue weighted by atomic mass is 16.5.